The second-order valence-corrected chi connectivity index (χ2v) is 7.89. The molecule has 2 aliphatic rings. The first-order valence-corrected chi connectivity index (χ1v) is 10.4. The van der Waals surface area contributed by atoms with E-state index in [2.05, 4.69) is 12.2 Å². The van der Waals surface area contributed by atoms with Crippen LogP contribution in [0.3, 0.4) is 0 Å². The van der Waals surface area contributed by atoms with Crippen LogP contribution < -0.4 is 5.32 Å². The van der Waals surface area contributed by atoms with Gasteiger partial charge < -0.3 is 10.1 Å². The Morgan fingerprint density at radius 1 is 1.14 bits per heavy atom. The first kappa shape index (κ1) is 21.0. The summed E-state index contributed by atoms with van der Waals surface area (Å²) in [7, 11) is 0. The largest absolute Gasteiger partial charge is 0.452 e. The van der Waals surface area contributed by atoms with Crippen molar-refractivity contribution >= 4 is 23.7 Å². The van der Waals surface area contributed by atoms with Crippen LogP contribution >= 0.6 is 0 Å². The SMILES string of the molecule is CCCCN1C(=O)c2ccc(C(=O)OCC(=O)N[C@@H]3CCCC[C@H]3C)cc2C1=O. The molecule has 3 rings (SSSR count). The number of carbonyl (C=O) groups excluding carboxylic acids is 4. The summed E-state index contributed by atoms with van der Waals surface area (Å²) >= 11 is 0. The molecule has 0 radical (unpaired) electrons. The van der Waals surface area contributed by atoms with Gasteiger partial charge in [-0.1, -0.05) is 33.1 Å². The number of hydrogen-bond donors (Lipinski definition) is 1. The van der Waals surface area contributed by atoms with E-state index in [0.717, 1.165) is 32.1 Å². The average molecular weight is 400 g/mol. The molecular weight excluding hydrogens is 372 g/mol. The maximum Gasteiger partial charge on any atom is 0.338 e. The van der Waals surface area contributed by atoms with Crippen molar-refractivity contribution in [3.05, 3.63) is 34.9 Å². The van der Waals surface area contributed by atoms with Crippen LogP contribution in [0, 0.1) is 5.92 Å². The van der Waals surface area contributed by atoms with Gasteiger partial charge in [-0.25, -0.2) is 4.79 Å². The fourth-order valence-electron chi connectivity index (χ4n) is 3.93. The molecule has 0 unspecified atom stereocenters. The standard InChI is InChI=1S/C22H28N2O5/c1-3-4-11-24-20(26)16-10-9-15(12-17(16)21(24)27)22(28)29-13-19(25)23-18-8-6-5-7-14(18)2/h9-10,12,14,18H,3-8,11,13H2,1-2H3,(H,23,25)/t14-,18-/m1/s1. The van der Waals surface area contributed by atoms with Crippen LogP contribution in [0.15, 0.2) is 18.2 Å². The number of benzene rings is 1. The van der Waals surface area contributed by atoms with E-state index >= 15 is 0 Å². The van der Waals surface area contributed by atoms with Crippen LogP contribution in [0.25, 0.3) is 0 Å². The van der Waals surface area contributed by atoms with Crippen molar-refractivity contribution < 1.29 is 23.9 Å². The van der Waals surface area contributed by atoms with E-state index < -0.39 is 11.9 Å². The van der Waals surface area contributed by atoms with E-state index in [1.165, 1.54) is 29.5 Å². The third kappa shape index (κ3) is 4.66. The van der Waals surface area contributed by atoms with Gasteiger partial charge in [0.2, 0.25) is 0 Å². The van der Waals surface area contributed by atoms with Crippen molar-refractivity contribution in [2.75, 3.05) is 13.2 Å². The zero-order valence-electron chi connectivity index (χ0n) is 17.0. The highest BCUT2D eigenvalue weighted by atomic mass is 16.5. The molecule has 7 nitrogen and oxygen atoms in total. The number of amides is 3. The molecule has 1 heterocycles. The number of unbranched alkanes of at least 4 members (excludes halogenated alkanes) is 1. The fourth-order valence-corrected chi connectivity index (χ4v) is 3.93. The molecule has 1 aromatic carbocycles. The van der Waals surface area contributed by atoms with Gasteiger partial charge in [0.15, 0.2) is 6.61 Å². The Labute approximate surface area is 170 Å². The number of nitrogens with zero attached hydrogens (tertiary/aromatic N) is 1. The highest BCUT2D eigenvalue weighted by Crippen LogP contribution is 2.25. The third-order valence-corrected chi connectivity index (χ3v) is 5.73. The van der Waals surface area contributed by atoms with Gasteiger partial charge in [-0.3, -0.25) is 19.3 Å². The molecule has 1 aromatic rings. The highest BCUT2D eigenvalue weighted by Gasteiger charge is 2.35. The third-order valence-electron chi connectivity index (χ3n) is 5.73. The second kappa shape index (κ2) is 9.20. The number of carbonyl (C=O) groups is 4. The Morgan fingerprint density at radius 3 is 2.59 bits per heavy atom. The lowest BCUT2D eigenvalue weighted by Crippen LogP contribution is -2.42. The summed E-state index contributed by atoms with van der Waals surface area (Å²) in [6.45, 7) is 4.09. The number of ether oxygens (including phenoxy) is 1. The van der Waals surface area contributed by atoms with Crippen LogP contribution in [0.4, 0.5) is 0 Å². The number of imide groups is 1. The zero-order valence-corrected chi connectivity index (χ0v) is 17.0. The summed E-state index contributed by atoms with van der Waals surface area (Å²) < 4.78 is 5.12. The second-order valence-electron chi connectivity index (χ2n) is 7.89. The van der Waals surface area contributed by atoms with E-state index in [1.54, 1.807) is 0 Å². The Balaban J connectivity index is 1.58. The van der Waals surface area contributed by atoms with Crippen molar-refractivity contribution in [1.82, 2.24) is 10.2 Å². The molecule has 0 aromatic heterocycles. The highest BCUT2D eigenvalue weighted by molar-refractivity contribution is 6.21. The van der Waals surface area contributed by atoms with Gasteiger partial charge in [0.1, 0.15) is 0 Å². The monoisotopic (exact) mass is 400 g/mol. The molecule has 3 amide bonds. The summed E-state index contributed by atoms with van der Waals surface area (Å²) in [6, 6.07) is 4.43. The van der Waals surface area contributed by atoms with Crippen LogP contribution in [-0.4, -0.2) is 47.8 Å². The summed E-state index contributed by atoms with van der Waals surface area (Å²) in [5.41, 5.74) is 0.661. The Morgan fingerprint density at radius 2 is 1.86 bits per heavy atom. The molecule has 156 valence electrons. The van der Waals surface area contributed by atoms with Gasteiger partial charge in [-0.15, -0.1) is 0 Å². The predicted molar refractivity (Wildman–Crippen MR) is 107 cm³/mol. The Kier molecular flexibility index (Phi) is 6.67. The van der Waals surface area contributed by atoms with E-state index in [0.29, 0.717) is 18.0 Å². The van der Waals surface area contributed by atoms with Gasteiger partial charge in [0, 0.05) is 12.6 Å². The number of fused-ring (bicyclic) bond motifs is 1. The van der Waals surface area contributed by atoms with Crippen molar-refractivity contribution in [1.29, 1.82) is 0 Å². The first-order valence-electron chi connectivity index (χ1n) is 10.4. The van der Waals surface area contributed by atoms with E-state index in [1.807, 2.05) is 6.92 Å². The maximum absolute atomic E-state index is 12.5. The molecular formula is C22H28N2O5. The van der Waals surface area contributed by atoms with E-state index in [-0.39, 0.29) is 35.6 Å². The van der Waals surface area contributed by atoms with Crippen molar-refractivity contribution in [3.63, 3.8) is 0 Å². The minimum atomic E-state index is -0.688. The van der Waals surface area contributed by atoms with Gasteiger partial charge in [0.25, 0.3) is 17.7 Å². The molecule has 1 saturated carbocycles. The molecule has 0 bridgehead atoms. The molecule has 29 heavy (non-hydrogen) atoms. The molecule has 1 N–H and O–H groups in total. The van der Waals surface area contributed by atoms with Gasteiger partial charge in [0.05, 0.1) is 16.7 Å². The summed E-state index contributed by atoms with van der Waals surface area (Å²) in [5.74, 6) is -1.32. The van der Waals surface area contributed by atoms with Crippen molar-refractivity contribution in [2.24, 2.45) is 5.92 Å². The number of esters is 1. The number of rotatable bonds is 7. The summed E-state index contributed by atoms with van der Waals surface area (Å²) in [6.07, 6.45) is 5.89. The lowest BCUT2D eigenvalue weighted by Gasteiger charge is -2.29. The minimum Gasteiger partial charge on any atom is -0.452 e. The lowest BCUT2D eigenvalue weighted by molar-refractivity contribution is -0.125. The predicted octanol–water partition coefficient (Wildman–Crippen LogP) is 2.93. The normalized spacial score (nSPS) is 21.1. The van der Waals surface area contributed by atoms with Crippen LogP contribution in [0.1, 0.15) is 83.4 Å². The van der Waals surface area contributed by atoms with Crippen LogP contribution in [0.2, 0.25) is 0 Å². The molecule has 1 aliphatic carbocycles. The molecule has 1 fully saturated rings. The molecule has 2 atom stereocenters. The summed E-state index contributed by atoms with van der Waals surface area (Å²) in [4.78, 5) is 50.5. The Bertz CT molecular complexity index is 819. The van der Waals surface area contributed by atoms with E-state index in [4.69, 9.17) is 4.74 Å². The van der Waals surface area contributed by atoms with Gasteiger partial charge >= 0.3 is 5.97 Å². The van der Waals surface area contributed by atoms with Crippen molar-refractivity contribution in [2.45, 2.75) is 58.4 Å². The first-order chi connectivity index (χ1) is 13.9. The van der Waals surface area contributed by atoms with Crippen LogP contribution in [0.5, 0.6) is 0 Å². The molecule has 0 saturated heterocycles. The number of hydrogen-bond acceptors (Lipinski definition) is 5. The topological polar surface area (TPSA) is 92.8 Å². The minimum absolute atomic E-state index is 0.118. The quantitative estimate of drug-likeness (QED) is 0.561. The zero-order chi connectivity index (χ0) is 21.0. The fraction of sp³-hybridized carbons (Fsp3) is 0.545. The van der Waals surface area contributed by atoms with Gasteiger partial charge in [-0.05, 0) is 43.4 Å². The summed E-state index contributed by atoms with van der Waals surface area (Å²) in [5, 5.41) is 2.93. The Hall–Kier alpha value is -2.70. The smallest absolute Gasteiger partial charge is 0.338 e. The van der Waals surface area contributed by atoms with Crippen LogP contribution in [-0.2, 0) is 9.53 Å². The number of nitrogens with one attached hydrogen (secondary N) is 1. The van der Waals surface area contributed by atoms with E-state index in [9.17, 15) is 19.2 Å². The molecule has 1 aliphatic heterocycles. The van der Waals surface area contributed by atoms with Crippen molar-refractivity contribution in [3.8, 4) is 0 Å². The maximum atomic E-state index is 12.5. The molecule has 7 heteroatoms. The average Bonchev–Trinajstić information content (AvgIpc) is 2.96. The molecule has 0 spiro atoms. The van der Waals surface area contributed by atoms with Gasteiger partial charge in [-0.2, -0.15) is 0 Å². The lowest BCUT2D eigenvalue weighted by atomic mass is 9.86.